The van der Waals surface area contributed by atoms with Crippen molar-refractivity contribution in [1.29, 1.82) is 0 Å². The van der Waals surface area contributed by atoms with Gasteiger partial charge in [0.1, 0.15) is 5.82 Å². The summed E-state index contributed by atoms with van der Waals surface area (Å²) in [7, 11) is 0. The minimum atomic E-state index is -0.144. The lowest BCUT2D eigenvalue weighted by atomic mass is 10.0. The lowest BCUT2D eigenvalue weighted by Gasteiger charge is -2.20. The summed E-state index contributed by atoms with van der Waals surface area (Å²) in [5.74, 6) is -0.144. The van der Waals surface area contributed by atoms with Crippen LogP contribution in [0.3, 0.4) is 0 Å². The van der Waals surface area contributed by atoms with Crippen LogP contribution in [0.2, 0.25) is 0 Å². The van der Waals surface area contributed by atoms with Crippen LogP contribution >= 0.6 is 0 Å². The van der Waals surface area contributed by atoms with Crippen molar-refractivity contribution < 1.29 is 4.39 Å². The molecular weight excluding hydrogens is 177 g/mol. The van der Waals surface area contributed by atoms with E-state index in [-0.39, 0.29) is 11.4 Å². The van der Waals surface area contributed by atoms with Crippen LogP contribution in [-0.4, -0.2) is 5.54 Å². The van der Waals surface area contributed by atoms with Gasteiger partial charge in [0.05, 0.1) is 0 Å². The van der Waals surface area contributed by atoms with Crippen LogP contribution < -0.4 is 5.32 Å². The molecule has 1 saturated heterocycles. The molecule has 1 aliphatic heterocycles. The monoisotopic (exact) mass is 193 g/mol. The highest BCUT2D eigenvalue weighted by atomic mass is 19.1. The molecule has 14 heavy (non-hydrogen) atoms. The molecule has 0 radical (unpaired) electrons. The normalized spacial score (nSPS) is 25.2. The highest BCUT2D eigenvalue weighted by molar-refractivity contribution is 5.22. The smallest absolute Gasteiger partial charge is 0.123 e. The molecule has 1 nitrogen and oxygen atoms in total. The van der Waals surface area contributed by atoms with Gasteiger partial charge in [-0.25, -0.2) is 4.39 Å². The summed E-state index contributed by atoms with van der Waals surface area (Å²) in [6.45, 7) is 4.37. The molecule has 0 aliphatic carbocycles. The van der Waals surface area contributed by atoms with Crippen LogP contribution in [0.5, 0.6) is 0 Å². The Hall–Kier alpha value is -0.890. The third-order valence-corrected chi connectivity index (χ3v) is 2.87. The van der Waals surface area contributed by atoms with Crippen LogP contribution in [0.15, 0.2) is 24.3 Å². The molecule has 2 heteroatoms. The van der Waals surface area contributed by atoms with Crippen molar-refractivity contribution in [2.45, 2.75) is 38.3 Å². The Kier molecular flexibility index (Phi) is 2.31. The van der Waals surface area contributed by atoms with Gasteiger partial charge in [-0.15, -0.1) is 0 Å². The second-order valence-electron chi connectivity index (χ2n) is 4.67. The second kappa shape index (κ2) is 3.35. The average molecular weight is 193 g/mol. The third kappa shape index (κ3) is 1.95. The SMILES string of the molecule is CC1(C)CCC(c2cccc(F)c2)N1. The lowest BCUT2D eigenvalue weighted by Crippen LogP contribution is -2.33. The van der Waals surface area contributed by atoms with Gasteiger partial charge in [0, 0.05) is 11.6 Å². The van der Waals surface area contributed by atoms with Gasteiger partial charge in [-0.1, -0.05) is 12.1 Å². The summed E-state index contributed by atoms with van der Waals surface area (Å²) in [4.78, 5) is 0. The van der Waals surface area contributed by atoms with E-state index < -0.39 is 0 Å². The first-order valence-corrected chi connectivity index (χ1v) is 5.10. The zero-order valence-electron chi connectivity index (χ0n) is 8.68. The van der Waals surface area contributed by atoms with E-state index in [9.17, 15) is 4.39 Å². The number of nitrogens with one attached hydrogen (secondary N) is 1. The summed E-state index contributed by atoms with van der Waals surface area (Å²) < 4.78 is 13.0. The molecule has 1 aromatic carbocycles. The summed E-state index contributed by atoms with van der Waals surface area (Å²) >= 11 is 0. The maximum absolute atomic E-state index is 13.0. The second-order valence-corrected chi connectivity index (χ2v) is 4.67. The molecule has 76 valence electrons. The summed E-state index contributed by atoms with van der Waals surface area (Å²) in [5, 5.41) is 3.51. The molecule has 1 heterocycles. The van der Waals surface area contributed by atoms with Crippen molar-refractivity contribution in [1.82, 2.24) is 5.32 Å². The molecule has 1 fully saturated rings. The van der Waals surface area contributed by atoms with Crippen molar-refractivity contribution in [2.24, 2.45) is 0 Å². The first-order valence-electron chi connectivity index (χ1n) is 5.10. The maximum atomic E-state index is 13.0. The Labute approximate surface area is 84.3 Å². The molecule has 0 bridgehead atoms. The topological polar surface area (TPSA) is 12.0 Å². The Balaban J connectivity index is 2.17. The zero-order valence-corrected chi connectivity index (χ0v) is 8.68. The highest BCUT2D eigenvalue weighted by Gasteiger charge is 2.30. The number of hydrogen-bond acceptors (Lipinski definition) is 1. The van der Waals surface area contributed by atoms with Gasteiger partial charge in [-0.05, 0) is 44.4 Å². The summed E-state index contributed by atoms with van der Waals surface area (Å²) in [6, 6.07) is 7.20. The zero-order chi connectivity index (χ0) is 10.2. The standard InChI is InChI=1S/C12H16FN/c1-12(2)7-6-11(14-12)9-4-3-5-10(13)8-9/h3-5,8,11,14H,6-7H2,1-2H3. The van der Waals surface area contributed by atoms with E-state index in [0.29, 0.717) is 6.04 Å². The summed E-state index contributed by atoms with van der Waals surface area (Å²) in [6.07, 6.45) is 2.24. The average Bonchev–Trinajstić information content (AvgIpc) is 2.46. The molecule has 0 amide bonds. The van der Waals surface area contributed by atoms with E-state index in [0.717, 1.165) is 18.4 Å². The molecule has 1 aliphatic rings. The molecule has 1 atom stereocenters. The van der Waals surface area contributed by atoms with Gasteiger partial charge < -0.3 is 5.32 Å². The predicted octanol–water partition coefficient (Wildman–Crippen LogP) is 3.03. The fourth-order valence-corrected chi connectivity index (χ4v) is 2.09. The Morgan fingerprint density at radius 2 is 2.21 bits per heavy atom. The highest BCUT2D eigenvalue weighted by Crippen LogP contribution is 2.32. The summed E-state index contributed by atoms with van der Waals surface area (Å²) in [5.41, 5.74) is 1.26. The van der Waals surface area contributed by atoms with Crippen LogP contribution in [0, 0.1) is 5.82 Å². The fraction of sp³-hybridized carbons (Fsp3) is 0.500. The van der Waals surface area contributed by atoms with E-state index >= 15 is 0 Å². The van der Waals surface area contributed by atoms with E-state index in [1.807, 2.05) is 6.07 Å². The van der Waals surface area contributed by atoms with Gasteiger partial charge in [0.2, 0.25) is 0 Å². The molecular formula is C12H16FN. The minimum absolute atomic E-state index is 0.144. The number of halogens is 1. The Morgan fingerprint density at radius 3 is 2.79 bits per heavy atom. The van der Waals surface area contributed by atoms with Crippen molar-refractivity contribution in [3.63, 3.8) is 0 Å². The van der Waals surface area contributed by atoms with Crippen molar-refractivity contribution in [2.75, 3.05) is 0 Å². The van der Waals surface area contributed by atoms with Crippen LogP contribution in [0.25, 0.3) is 0 Å². The van der Waals surface area contributed by atoms with Gasteiger partial charge >= 0.3 is 0 Å². The van der Waals surface area contributed by atoms with Gasteiger partial charge in [0.15, 0.2) is 0 Å². The van der Waals surface area contributed by atoms with E-state index in [1.165, 1.54) is 6.07 Å². The van der Waals surface area contributed by atoms with Crippen molar-refractivity contribution in [3.05, 3.63) is 35.6 Å². The molecule has 1 unspecified atom stereocenters. The van der Waals surface area contributed by atoms with Crippen LogP contribution in [0.4, 0.5) is 4.39 Å². The van der Waals surface area contributed by atoms with Crippen LogP contribution in [-0.2, 0) is 0 Å². The molecule has 2 rings (SSSR count). The Morgan fingerprint density at radius 1 is 1.43 bits per heavy atom. The largest absolute Gasteiger partial charge is 0.305 e. The maximum Gasteiger partial charge on any atom is 0.123 e. The first kappa shape index (κ1) is 9.66. The number of hydrogen-bond donors (Lipinski definition) is 1. The molecule has 0 spiro atoms. The van der Waals surface area contributed by atoms with Gasteiger partial charge in [-0.3, -0.25) is 0 Å². The molecule has 0 saturated carbocycles. The van der Waals surface area contributed by atoms with Gasteiger partial charge in [-0.2, -0.15) is 0 Å². The number of rotatable bonds is 1. The third-order valence-electron chi connectivity index (χ3n) is 2.87. The number of benzene rings is 1. The lowest BCUT2D eigenvalue weighted by molar-refractivity contribution is 0.432. The van der Waals surface area contributed by atoms with Crippen LogP contribution in [0.1, 0.15) is 38.3 Å². The predicted molar refractivity (Wildman–Crippen MR) is 55.6 cm³/mol. The van der Waals surface area contributed by atoms with E-state index in [1.54, 1.807) is 12.1 Å². The quantitative estimate of drug-likeness (QED) is 0.723. The van der Waals surface area contributed by atoms with Crippen molar-refractivity contribution >= 4 is 0 Å². The van der Waals surface area contributed by atoms with Gasteiger partial charge in [0.25, 0.3) is 0 Å². The van der Waals surface area contributed by atoms with Crippen molar-refractivity contribution in [3.8, 4) is 0 Å². The first-order chi connectivity index (χ1) is 6.57. The Bertz CT molecular complexity index is 333. The van der Waals surface area contributed by atoms with E-state index in [4.69, 9.17) is 0 Å². The molecule has 1 aromatic rings. The molecule has 0 aromatic heterocycles. The minimum Gasteiger partial charge on any atom is -0.305 e. The van der Waals surface area contributed by atoms with E-state index in [2.05, 4.69) is 19.2 Å². The molecule has 1 N–H and O–H groups in total. The fourth-order valence-electron chi connectivity index (χ4n) is 2.09.